The Hall–Kier alpha value is -0.260. The minimum absolute atomic E-state index is 0.855. The van der Waals surface area contributed by atoms with E-state index < -0.39 is 7.11 Å². The quantitative estimate of drug-likeness (QED) is 0.553. The largest absolute Gasteiger partial charge is 0.372 e. The van der Waals surface area contributed by atoms with Crippen LogP contribution in [0.15, 0.2) is 24.0 Å². The molecule has 0 saturated carbocycles. The van der Waals surface area contributed by atoms with Crippen LogP contribution in [0.2, 0.25) is 0 Å². The summed E-state index contributed by atoms with van der Waals surface area (Å²) in [7, 11) is -1.74. The summed E-state index contributed by atoms with van der Waals surface area (Å²) in [6.07, 6.45) is 6.62. The molecule has 1 heterocycles. The molecule has 0 aromatic rings. The lowest BCUT2D eigenvalue weighted by molar-refractivity contribution is 0.630. The molecule has 50 valence electrons. The molecule has 0 aliphatic carbocycles. The first-order chi connectivity index (χ1) is 4.27. The van der Waals surface area contributed by atoms with Crippen LogP contribution in [0.25, 0.3) is 0 Å². The number of hydrogen-bond acceptors (Lipinski definition) is 1. The third kappa shape index (κ3) is 1.57. The van der Waals surface area contributed by atoms with Gasteiger partial charge in [-0.1, -0.05) is 25.2 Å². The maximum atomic E-state index is 9.60. The zero-order valence-corrected chi connectivity index (χ0v) is 6.38. The monoisotopic (exact) mass is 142 g/mol. The number of rotatable bonds is 1. The van der Waals surface area contributed by atoms with E-state index in [0.717, 1.165) is 6.16 Å². The Morgan fingerprint density at radius 1 is 1.33 bits per heavy atom. The van der Waals surface area contributed by atoms with Crippen LogP contribution in [0.1, 0.15) is 6.92 Å². The van der Waals surface area contributed by atoms with Crippen molar-refractivity contribution in [1.82, 2.24) is 0 Å². The first kappa shape index (κ1) is 6.85. The summed E-state index contributed by atoms with van der Waals surface area (Å²) in [4.78, 5) is 9.60. The van der Waals surface area contributed by atoms with E-state index in [2.05, 4.69) is 0 Å². The van der Waals surface area contributed by atoms with Crippen LogP contribution in [0.4, 0.5) is 0 Å². The van der Waals surface area contributed by atoms with Crippen molar-refractivity contribution in [2.24, 2.45) is 0 Å². The van der Waals surface area contributed by atoms with Gasteiger partial charge in [-0.2, -0.15) is 0 Å². The average molecular weight is 142 g/mol. The van der Waals surface area contributed by atoms with E-state index in [1.807, 2.05) is 36.8 Å². The second-order valence-corrected chi connectivity index (χ2v) is 5.08. The van der Waals surface area contributed by atoms with Crippen LogP contribution >= 0.6 is 7.11 Å². The molecule has 9 heavy (non-hydrogen) atoms. The van der Waals surface area contributed by atoms with Crippen molar-refractivity contribution >= 4 is 12.9 Å². The standard InChI is InChI=1S/C7H11OP/c1-2-9(8)6-4-3-5-7-9/h3-8H,2H2,1H3. The van der Waals surface area contributed by atoms with Gasteiger partial charge in [0.05, 0.1) is 0 Å². The van der Waals surface area contributed by atoms with Gasteiger partial charge in [0.1, 0.15) is 0 Å². The van der Waals surface area contributed by atoms with Crippen LogP contribution in [0.3, 0.4) is 0 Å². The van der Waals surface area contributed by atoms with Crippen molar-refractivity contribution in [2.45, 2.75) is 6.92 Å². The van der Waals surface area contributed by atoms with Gasteiger partial charge in [-0.05, 0) is 17.8 Å². The Labute approximate surface area is 55.8 Å². The normalized spacial score (nSPS) is 32.2. The number of hydrogen-bond donors (Lipinski definition) is 1. The molecule has 0 fully saturated rings. The Kier molecular flexibility index (Phi) is 1.94. The summed E-state index contributed by atoms with van der Waals surface area (Å²) in [5.41, 5.74) is 0. The van der Waals surface area contributed by atoms with Gasteiger partial charge in [0.2, 0.25) is 0 Å². The minimum atomic E-state index is -1.74. The smallest absolute Gasteiger partial charge is 0.0250 e. The Morgan fingerprint density at radius 2 is 2.11 bits per heavy atom. The molecule has 0 saturated heterocycles. The molecule has 0 spiro atoms. The van der Waals surface area contributed by atoms with Gasteiger partial charge in [-0.3, -0.25) is 0 Å². The molecular weight excluding hydrogens is 131 g/mol. The molecule has 0 aromatic heterocycles. The first-order valence-electron chi connectivity index (χ1n) is 3.07. The highest BCUT2D eigenvalue weighted by atomic mass is 31.2. The van der Waals surface area contributed by atoms with Crippen LogP contribution in [0.5, 0.6) is 0 Å². The van der Waals surface area contributed by atoms with Crippen molar-refractivity contribution in [3.63, 3.8) is 0 Å². The Balaban J connectivity index is 2.93. The maximum Gasteiger partial charge on any atom is 0.0250 e. The van der Waals surface area contributed by atoms with Crippen LogP contribution in [-0.4, -0.2) is 16.9 Å². The van der Waals surface area contributed by atoms with Gasteiger partial charge >= 0.3 is 0 Å². The minimum Gasteiger partial charge on any atom is -0.372 e. The highest BCUT2D eigenvalue weighted by molar-refractivity contribution is 7.72. The van der Waals surface area contributed by atoms with E-state index in [0.29, 0.717) is 0 Å². The zero-order valence-electron chi connectivity index (χ0n) is 5.49. The fraction of sp³-hybridized carbons (Fsp3) is 0.286. The van der Waals surface area contributed by atoms with Crippen molar-refractivity contribution in [1.29, 1.82) is 0 Å². The highest BCUT2D eigenvalue weighted by Gasteiger charge is 2.04. The summed E-state index contributed by atoms with van der Waals surface area (Å²) in [6.45, 7) is 2.01. The van der Waals surface area contributed by atoms with Gasteiger partial charge in [0.25, 0.3) is 0 Å². The average Bonchev–Trinajstić information content (AvgIpc) is 1.90. The van der Waals surface area contributed by atoms with E-state index in [4.69, 9.17) is 0 Å². The van der Waals surface area contributed by atoms with Crippen molar-refractivity contribution in [2.75, 3.05) is 6.16 Å². The molecular formula is C7H11OP. The van der Waals surface area contributed by atoms with Crippen LogP contribution in [0, 0.1) is 0 Å². The van der Waals surface area contributed by atoms with Crippen molar-refractivity contribution < 1.29 is 4.89 Å². The van der Waals surface area contributed by atoms with Crippen molar-refractivity contribution in [3.05, 3.63) is 24.0 Å². The lowest BCUT2D eigenvalue weighted by Crippen LogP contribution is -1.85. The summed E-state index contributed by atoms with van der Waals surface area (Å²) in [5, 5.41) is 0. The lowest BCUT2D eigenvalue weighted by atomic mass is 10.5. The third-order valence-electron chi connectivity index (χ3n) is 1.42. The molecule has 1 rings (SSSR count). The summed E-state index contributed by atoms with van der Waals surface area (Å²) >= 11 is 0. The molecule has 0 amide bonds. The summed E-state index contributed by atoms with van der Waals surface area (Å²) < 4.78 is 0. The predicted molar refractivity (Wildman–Crippen MR) is 44.0 cm³/mol. The van der Waals surface area contributed by atoms with E-state index in [1.165, 1.54) is 0 Å². The lowest BCUT2D eigenvalue weighted by Gasteiger charge is -2.12. The topological polar surface area (TPSA) is 20.2 Å². The molecule has 0 radical (unpaired) electrons. The fourth-order valence-corrected chi connectivity index (χ4v) is 2.04. The molecule has 0 bridgehead atoms. The summed E-state index contributed by atoms with van der Waals surface area (Å²) in [6, 6.07) is 0. The maximum absolute atomic E-state index is 9.60. The number of allylic oxidation sites excluding steroid dienone is 3. The van der Waals surface area contributed by atoms with Crippen LogP contribution in [-0.2, 0) is 0 Å². The second-order valence-electron chi connectivity index (χ2n) is 2.08. The molecule has 1 aliphatic rings. The molecule has 2 heteroatoms. The Morgan fingerprint density at radius 3 is 2.44 bits per heavy atom. The molecule has 1 unspecified atom stereocenters. The molecule has 0 aromatic carbocycles. The van der Waals surface area contributed by atoms with E-state index in [9.17, 15) is 4.89 Å². The third-order valence-corrected chi connectivity index (χ3v) is 3.81. The highest BCUT2D eigenvalue weighted by Crippen LogP contribution is 2.43. The molecule has 1 atom stereocenters. The van der Waals surface area contributed by atoms with Crippen molar-refractivity contribution in [3.8, 4) is 0 Å². The molecule has 1 aliphatic heterocycles. The van der Waals surface area contributed by atoms with E-state index in [-0.39, 0.29) is 0 Å². The summed E-state index contributed by atoms with van der Waals surface area (Å²) in [5.74, 6) is 3.82. The Bertz CT molecular complexity index is 201. The van der Waals surface area contributed by atoms with E-state index >= 15 is 0 Å². The van der Waals surface area contributed by atoms with Gasteiger partial charge < -0.3 is 4.89 Å². The van der Waals surface area contributed by atoms with Gasteiger partial charge in [-0.15, -0.1) is 0 Å². The fourth-order valence-electron chi connectivity index (χ4n) is 0.722. The molecule has 1 N–H and O–H groups in total. The zero-order chi connectivity index (χ0) is 6.74. The van der Waals surface area contributed by atoms with Gasteiger partial charge in [0.15, 0.2) is 0 Å². The first-order valence-corrected chi connectivity index (χ1v) is 5.14. The molecule has 1 nitrogen and oxygen atoms in total. The van der Waals surface area contributed by atoms with Gasteiger partial charge in [0, 0.05) is 7.11 Å². The second kappa shape index (κ2) is 2.55. The SMILES string of the molecule is CCP1(O)=CC=CC=C1. The predicted octanol–water partition coefficient (Wildman–Crippen LogP) is 1.82. The van der Waals surface area contributed by atoms with Gasteiger partial charge in [-0.25, -0.2) is 0 Å². The van der Waals surface area contributed by atoms with Crippen LogP contribution < -0.4 is 0 Å². The van der Waals surface area contributed by atoms with E-state index in [1.54, 1.807) is 0 Å².